The largest absolute Gasteiger partial charge is 0.490 e. The topological polar surface area (TPSA) is 93.1 Å². The molecule has 0 bridgehead atoms. The number of benzene rings is 2. The van der Waals surface area contributed by atoms with Crippen molar-refractivity contribution < 1.29 is 27.8 Å². The fraction of sp³-hybridized carbons (Fsp3) is 0.235. The van der Waals surface area contributed by atoms with E-state index in [0.29, 0.717) is 4.31 Å². The molecular formula is C17H17Cl2NO6S. The first-order chi connectivity index (χ1) is 12.8. The Labute approximate surface area is 167 Å². The van der Waals surface area contributed by atoms with Gasteiger partial charge in [0.1, 0.15) is 18.9 Å². The fourth-order valence-corrected chi connectivity index (χ4v) is 4.23. The van der Waals surface area contributed by atoms with Crippen molar-refractivity contribution in [2.24, 2.45) is 0 Å². The van der Waals surface area contributed by atoms with Gasteiger partial charge in [-0.15, -0.1) is 0 Å². The molecule has 146 valence electrons. The Balaban J connectivity index is 2.53. The summed E-state index contributed by atoms with van der Waals surface area (Å²) in [7, 11) is -2.68. The van der Waals surface area contributed by atoms with Crippen LogP contribution in [-0.2, 0) is 19.6 Å². The van der Waals surface area contributed by atoms with E-state index in [1.165, 1.54) is 43.5 Å². The number of ether oxygens (including phenoxy) is 2. The maximum absolute atomic E-state index is 13.0. The second-order valence-electron chi connectivity index (χ2n) is 5.29. The number of sulfonamides is 1. The van der Waals surface area contributed by atoms with Crippen LogP contribution in [0.15, 0.2) is 47.4 Å². The van der Waals surface area contributed by atoms with Crippen molar-refractivity contribution in [1.82, 2.24) is 0 Å². The van der Waals surface area contributed by atoms with Gasteiger partial charge >= 0.3 is 5.97 Å². The van der Waals surface area contributed by atoms with Gasteiger partial charge in [0.2, 0.25) is 0 Å². The van der Waals surface area contributed by atoms with Crippen molar-refractivity contribution in [2.45, 2.75) is 4.90 Å². The van der Waals surface area contributed by atoms with E-state index in [4.69, 9.17) is 32.7 Å². The zero-order chi connectivity index (χ0) is 20.0. The van der Waals surface area contributed by atoms with Gasteiger partial charge < -0.3 is 14.6 Å². The van der Waals surface area contributed by atoms with Crippen LogP contribution in [0.1, 0.15) is 0 Å². The third kappa shape index (κ3) is 5.26. The second kappa shape index (κ2) is 9.27. The van der Waals surface area contributed by atoms with Gasteiger partial charge in [-0.25, -0.2) is 8.42 Å². The van der Waals surface area contributed by atoms with E-state index in [0.717, 1.165) is 0 Å². The highest BCUT2D eigenvalue weighted by molar-refractivity contribution is 7.92. The van der Waals surface area contributed by atoms with Gasteiger partial charge in [0.05, 0.1) is 27.2 Å². The number of carbonyl (C=O) groups is 1. The molecule has 1 N–H and O–H groups in total. The number of carboxylic acids is 1. The van der Waals surface area contributed by atoms with Crippen molar-refractivity contribution in [3.05, 3.63) is 52.5 Å². The molecule has 0 heterocycles. The van der Waals surface area contributed by atoms with Crippen molar-refractivity contribution in [2.75, 3.05) is 31.2 Å². The maximum atomic E-state index is 13.0. The Bertz CT molecular complexity index is 905. The van der Waals surface area contributed by atoms with E-state index in [9.17, 15) is 18.3 Å². The van der Waals surface area contributed by atoms with E-state index in [2.05, 4.69) is 0 Å². The van der Waals surface area contributed by atoms with Gasteiger partial charge in [0.15, 0.2) is 0 Å². The average Bonchev–Trinajstić information content (AvgIpc) is 2.62. The summed E-state index contributed by atoms with van der Waals surface area (Å²) < 4.78 is 37.0. The number of rotatable bonds is 9. The van der Waals surface area contributed by atoms with Crippen LogP contribution in [0.3, 0.4) is 0 Å². The maximum Gasteiger partial charge on any atom is 0.324 e. The second-order valence-corrected chi connectivity index (χ2v) is 7.97. The third-order valence-electron chi connectivity index (χ3n) is 3.43. The Morgan fingerprint density at radius 3 is 2.37 bits per heavy atom. The quantitative estimate of drug-likeness (QED) is 0.609. The summed E-state index contributed by atoms with van der Waals surface area (Å²) in [6, 6.07) is 10.1. The van der Waals surface area contributed by atoms with Gasteiger partial charge in [0.25, 0.3) is 10.0 Å². The first kappa shape index (κ1) is 21.3. The molecule has 27 heavy (non-hydrogen) atoms. The molecule has 0 aliphatic heterocycles. The summed E-state index contributed by atoms with van der Waals surface area (Å²) in [5.41, 5.74) is -0.0558. The molecule has 0 unspecified atom stereocenters. The van der Waals surface area contributed by atoms with Gasteiger partial charge in [-0.2, -0.15) is 0 Å². The van der Waals surface area contributed by atoms with Crippen LogP contribution in [0.25, 0.3) is 0 Å². The number of carboxylic acid groups (broad SMARTS) is 1. The number of nitrogens with zero attached hydrogens (tertiary/aromatic N) is 1. The predicted molar refractivity (Wildman–Crippen MR) is 102 cm³/mol. The molecule has 0 amide bonds. The van der Waals surface area contributed by atoms with Crippen molar-refractivity contribution in [3.8, 4) is 5.75 Å². The molecule has 2 rings (SSSR count). The highest BCUT2D eigenvalue weighted by Gasteiger charge is 2.29. The minimum absolute atomic E-state index is 0.0279. The average molecular weight is 434 g/mol. The number of hydrogen-bond donors (Lipinski definition) is 1. The van der Waals surface area contributed by atoms with Gasteiger partial charge in [-0.05, 0) is 18.2 Å². The lowest BCUT2D eigenvalue weighted by Crippen LogP contribution is -2.36. The summed E-state index contributed by atoms with van der Waals surface area (Å²) in [5.74, 6) is -1.19. The fourth-order valence-electron chi connectivity index (χ4n) is 2.20. The molecule has 7 nitrogen and oxygen atoms in total. The number of hydrogen-bond acceptors (Lipinski definition) is 5. The Hall–Kier alpha value is -2.00. The molecular weight excluding hydrogens is 417 g/mol. The van der Waals surface area contributed by atoms with Gasteiger partial charge in [-0.1, -0.05) is 41.4 Å². The van der Waals surface area contributed by atoms with Crippen LogP contribution >= 0.6 is 23.2 Å². The monoisotopic (exact) mass is 433 g/mol. The van der Waals surface area contributed by atoms with Crippen molar-refractivity contribution in [1.29, 1.82) is 0 Å². The summed E-state index contributed by atoms with van der Waals surface area (Å²) in [4.78, 5) is 11.2. The van der Waals surface area contributed by atoms with Crippen molar-refractivity contribution >= 4 is 44.9 Å². The molecule has 0 fully saturated rings. The minimum atomic E-state index is -4.18. The molecule has 0 radical (unpaired) electrons. The smallest absolute Gasteiger partial charge is 0.324 e. The molecule has 0 aliphatic rings. The van der Waals surface area contributed by atoms with E-state index < -0.39 is 22.5 Å². The van der Waals surface area contributed by atoms with Gasteiger partial charge in [-0.3, -0.25) is 9.10 Å². The van der Waals surface area contributed by atoms with E-state index in [1.54, 1.807) is 6.07 Å². The van der Waals surface area contributed by atoms with Crippen molar-refractivity contribution in [3.63, 3.8) is 0 Å². The summed E-state index contributed by atoms with van der Waals surface area (Å²) in [6.07, 6.45) is 0. The molecule has 0 saturated heterocycles. The van der Waals surface area contributed by atoms with Crippen LogP contribution in [-0.4, -0.2) is 46.4 Å². The van der Waals surface area contributed by atoms with Crippen LogP contribution in [0.2, 0.25) is 10.0 Å². The predicted octanol–water partition coefficient (Wildman–Crippen LogP) is 3.30. The van der Waals surface area contributed by atoms with Crippen LogP contribution in [0, 0.1) is 0 Å². The molecule has 2 aromatic carbocycles. The summed E-state index contributed by atoms with van der Waals surface area (Å²) in [6.45, 7) is -0.368. The normalized spacial score (nSPS) is 11.2. The summed E-state index contributed by atoms with van der Waals surface area (Å²) >= 11 is 12.3. The SMILES string of the molecule is COCCOc1cc(N(CC(=O)O)S(=O)(=O)c2ccccc2)c(Cl)cc1Cl. The van der Waals surface area contributed by atoms with Crippen LogP contribution in [0.5, 0.6) is 5.75 Å². The molecule has 10 heteroatoms. The first-order valence-corrected chi connectivity index (χ1v) is 9.87. The first-order valence-electron chi connectivity index (χ1n) is 7.67. The number of methoxy groups -OCH3 is 1. The highest BCUT2D eigenvalue weighted by Crippen LogP contribution is 2.38. The van der Waals surface area contributed by atoms with Gasteiger partial charge in [0, 0.05) is 13.2 Å². The Morgan fingerprint density at radius 1 is 1.11 bits per heavy atom. The molecule has 0 saturated carbocycles. The molecule has 0 atom stereocenters. The molecule has 2 aromatic rings. The van der Waals surface area contributed by atoms with E-state index in [1.807, 2.05) is 0 Å². The van der Waals surface area contributed by atoms with E-state index >= 15 is 0 Å². The molecule has 0 aliphatic carbocycles. The minimum Gasteiger partial charge on any atom is -0.490 e. The lowest BCUT2D eigenvalue weighted by atomic mass is 10.3. The number of aliphatic carboxylic acids is 1. The number of halogens is 2. The molecule has 0 aromatic heterocycles. The highest BCUT2D eigenvalue weighted by atomic mass is 35.5. The van der Waals surface area contributed by atoms with E-state index in [-0.39, 0.29) is 39.6 Å². The third-order valence-corrected chi connectivity index (χ3v) is 5.80. The van der Waals surface area contributed by atoms with Crippen LogP contribution in [0.4, 0.5) is 5.69 Å². The standard InChI is InChI=1S/C17H17Cl2NO6S/c1-25-7-8-26-16-10-15(13(18)9-14(16)19)20(11-17(21)22)27(23,24)12-5-3-2-4-6-12/h2-6,9-10H,7-8,11H2,1H3,(H,21,22). The van der Waals surface area contributed by atoms with Crippen LogP contribution < -0.4 is 9.04 Å². The Morgan fingerprint density at radius 2 is 1.78 bits per heavy atom. The zero-order valence-corrected chi connectivity index (χ0v) is 16.6. The number of anilines is 1. The Kier molecular flexibility index (Phi) is 7.32. The lowest BCUT2D eigenvalue weighted by molar-refractivity contribution is -0.135. The zero-order valence-electron chi connectivity index (χ0n) is 14.3. The lowest BCUT2D eigenvalue weighted by Gasteiger charge is -2.24. The molecule has 0 spiro atoms. The summed E-state index contributed by atoms with van der Waals surface area (Å²) in [5, 5.41) is 9.35.